The molecule has 0 fully saturated rings. The van der Waals surface area contributed by atoms with Gasteiger partial charge < -0.3 is 4.74 Å². The minimum atomic E-state index is -0.478. The smallest absolute Gasteiger partial charge is 0.410 e. The van der Waals surface area contributed by atoms with E-state index in [4.69, 9.17) is 16.3 Å². The molecule has 0 radical (unpaired) electrons. The summed E-state index contributed by atoms with van der Waals surface area (Å²) in [6.07, 6.45) is 3.02. The van der Waals surface area contributed by atoms with Gasteiger partial charge in [0, 0.05) is 12.4 Å². The molecule has 1 aliphatic heterocycles. The van der Waals surface area contributed by atoms with Crippen LogP contribution in [0.1, 0.15) is 31.9 Å². The lowest BCUT2D eigenvalue weighted by molar-refractivity contribution is 0.0242. The van der Waals surface area contributed by atoms with E-state index < -0.39 is 5.60 Å². The molecule has 5 heteroatoms. The highest BCUT2D eigenvalue weighted by atomic mass is 35.5. The van der Waals surface area contributed by atoms with Crippen LogP contribution in [0, 0.1) is 0 Å². The molecule has 1 aromatic rings. The van der Waals surface area contributed by atoms with Crippen LogP contribution in [0.4, 0.5) is 4.79 Å². The van der Waals surface area contributed by atoms with E-state index in [0.717, 1.165) is 11.1 Å². The second-order valence-corrected chi connectivity index (χ2v) is 5.50. The van der Waals surface area contributed by atoms with Gasteiger partial charge in [-0.3, -0.25) is 9.88 Å². The molecular weight excluding hydrogens is 240 g/mol. The second-order valence-electron chi connectivity index (χ2n) is 5.10. The SMILES string of the molecule is CC(C)(C)OC(=O)N1Cc2cncc(Cl)c2C1. The molecule has 92 valence electrons. The van der Waals surface area contributed by atoms with E-state index in [1.54, 1.807) is 17.3 Å². The first kappa shape index (κ1) is 12.2. The third kappa shape index (κ3) is 2.69. The van der Waals surface area contributed by atoms with Crippen molar-refractivity contribution in [2.24, 2.45) is 0 Å². The van der Waals surface area contributed by atoms with Crippen molar-refractivity contribution in [1.29, 1.82) is 0 Å². The van der Waals surface area contributed by atoms with Crippen molar-refractivity contribution in [3.8, 4) is 0 Å². The van der Waals surface area contributed by atoms with E-state index >= 15 is 0 Å². The van der Waals surface area contributed by atoms with E-state index in [2.05, 4.69) is 4.98 Å². The van der Waals surface area contributed by atoms with Crippen LogP contribution < -0.4 is 0 Å². The predicted molar refractivity (Wildman–Crippen MR) is 64.7 cm³/mol. The number of hydrogen-bond acceptors (Lipinski definition) is 3. The summed E-state index contributed by atoms with van der Waals surface area (Å²) >= 11 is 6.03. The molecule has 0 aromatic carbocycles. The summed E-state index contributed by atoms with van der Waals surface area (Å²) < 4.78 is 5.32. The molecule has 1 aromatic heterocycles. The van der Waals surface area contributed by atoms with Gasteiger partial charge in [-0.25, -0.2) is 4.79 Å². The Morgan fingerprint density at radius 1 is 1.41 bits per heavy atom. The van der Waals surface area contributed by atoms with Crippen LogP contribution in [0.2, 0.25) is 5.02 Å². The third-order valence-electron chi connectivity index (χ3n) is 2.46. The summed E-state index contributed by atoms with van der Waals surface area (Å²) in [5.74, 6) is 0. The van der Waals surface area contributed by atoms with Crippen molar-refractivity contribution in [3.05, 3.63) is 28.5 Å². The zero-order valence-corrected chi connectivity index (χ0v) is 10.9. The Morgan fingerprint density at radius 3 is 2.71 bits per heavy atom. The highest BCUT2D eigenvalue weighted by Gasteiger charge is 2.28. The molecule has 0 N–H and O–H groups in total. The Labute approximate surface area is 106 Å². The van der Waals surface area contributed by atoms with Crippen molar-refractivity contribution in [1.82, 2.24) is 9.88 Å². The molecule has 1 amide bonds. The molecule has 0 atom stereocenters. The zero-order chi connectivity index (χ0) is 12.6. The van der Waals surface area contributed by atoms with E-state index in [0.29, 0.717) is 18.1 Å². The molecule has 0 spiro atoms. The summed E-state index contributed by atoms with van der Waals surface area (Å²) in [5, 5.41) is 0.605. The standard InChI is InChI=1S/C12H15ClN2O2/c1-12(2,3)17-11(16)15-6-8-4-14-5-10(13)9(8)7-15/h4-5H,6-7H2,1-3H3. The van der Waals surface area contributed by atoms with Gasteiger partial charge in [0.05, 0.1) is 18.1 Å². The number of carbonyl (C=O) groups is 1. The van der Waals surface area contributed by atoms with Crippen molar-refractivity contribution in [2.75, 3.05) is 0 Å². The monoisotopic (exact) mass is 254 g/mol. The number of hydrogen-bond donors (Lipinski definition) is 0. The maximum Gasteiger partial charge on any atom is 0.410 e. The Balaban J connectivity index is 2.10. The fourth-order valence-corrected chi connectivity index (χ4v) is 1.96. The summed E-state index contributed by atoms with van der Waals surface area (Å²) in [5.41, 5.74) is 1.48. The molecule has 0 aliphatic carbocycles. The van der Waals surface area contributed by atoms with Gasteiger partial charge in [-0.15, -0.1) is 0 Å². The second kappa shape index (κ2) is 4.18. The van der Waals surface area contributed by atoms with Gasteiger partial charge in [0.25, 0.3) is 0 Å². The van der Waals surface area contributed by atoms with Crippen LogP contribution in [0.25, 0.3) is 0 Å². The number of carbonyl (C=O) groups excluding carboxylic acids is 1. The molecule has 0 saturated heterocycles. The molecule has 2 heterocycles. The maximum absolute atomic E-state index is 11.9. The number of ether oxygens (including phenoxy) is 1. The van der Waals surface area contributed by atoms with Gasteiger partial charge in [0.2, 0.25) is 0 Å². The minimum absolute atomic E-state index is 0.315. The van der Waals surface area contributed by atoms with Crippen LogP contribution >= 0.6 is 11.6 Å². The van der Waals surface area contributed by atoms with Crippen molar-refractivity contribution >= 4 is 17.7 Å². The molecular formula is C12H15ClN2O2. The lowest BCUT2D eigenvalue weighted by Gasteiger charge is -2.24. The largest absolute Gasteiger partial charge is 0.444 e. The van der Waals surface area contributed by atoms with Crippen LogP contribution in [-0.4, -0.2) is 21.6 Å². The molecule has 1 aliphatic rings. The molecule has 0 unspecified atom stereocenters. The number of rotatable bonds is 0. The number of halogens is 1. The topological polar surface area (TPSA) is 42.4 Å². The number of fused-ring (bicyclic) bond motifs is 1. The van der Waals surface area contributed by atoms with Crippen LogP contribution in [0.15, 0.2) is 12.4 Å². The highest BCUT2D eigenvalue weighted by molar-refractivity contribution is 6.31. The summed E-state index contributed by atoms with van der Waals surface area (Å²) in [4.78, 5) is 17.5. The lowest BCUT2D eigenvalue weighted by Crippen LogP contribution is -2.33. The lowest BCUT2D eigenvalue weighted by atomic mass is 10.2. The van der Waals surface area contributed by atoms with E-state index in [1.807, 2.05) is 20.8 Å². The first-order valence-corrected chi connectivity index (χ1v) is 5.84. The normalized spacial score (nSPS) is 14.7. The van der Waals surface area contributed by atoms with E-state index in [9.17, 15) is 4.79 Å². The van der Waals surface area contributed by atoms with E-state index in [-0.39, 0.29) is 6.09 Å². The quantitative estimate of drug-likeness (QED) is 0.715. The van der Waals surface area contributed by atoms with Gasteiger partial charge in [0.1, 0.15) is 5.60 Å². The van der Waals surface area contributed by atoms with E-state index in [1.165, 1.54) is 0 Å². The Morgan fingerprint density at radius 2 is 2.12 bits per heavy atom. The van der Waals surface area contributed by atoms with Crippen molar-refractivity contribution in [3.63, 3.8) is 0 Å². The number of nitrogens with zero attached hydrogens (tertiary/aromatic N) is 2. The van der Waals surface area contributed by atoms with Crippen molar-refractivity contribution < 1.29 is 9.53 Å². The Bertz CT molecular complexity index is 454. The Kier molecular flexibility index (Phi) is 3.00. The molecule has 4 nitrogen and oxygen atoms in total. The molecule has 2 rings (SSSR count). The van der Waals surface area contributed by atoms with Gasteiger partial charge in [-0.05, 0) is 31.9 Å². The van der Waals surface area contributed by atoms with Gasteiger partial charge in [-0.2, -0.15) is 0 Å². The molecule has 17 heavy (non-hydrogen) atoms. The molecule has 0 saturated carbocycles. The van der Waals surface area contributed by atoms with Crippen LogP contribution in [-0.2, 0) is 17.8 Å². The zero-order valence-electron chi connectivity index (χ0n) is 10.2. The maximum atomic E-state index is 11.9. The summed E-state index contributed by atoms with van der Waals surface area (Å²) in [6, 6.07) is 0. The predicted octanol–water partition coefficient (Wildman–Crippen LogP) is 2.99. The fourth-order valence-electron chi connectivity index (χ4n) is 1.72. The van der Waals surface area contributed by atoms with Crippen LogP contribution in [0.3, 0.4) is 0 Å². The number of aromatic nitrogens is 1. The Hall–Kier alpha value is -1.29. The first-order chi connectivity index (χ1) is 7.87. The minimum Gasteiger partial charge on any atom is -0.444 e. The highest BCUT2D eigenvalue weighted by Crippen LogP contribution is 2.28. The number of pyridine rings is 1. The summed E-state index contributed by atoms with van der Waals surface area (Å²) in [7, 11) is 0. The van der Waals surface area contributed by atoms with Gasteiger partial charge in [0.15, 0.2) is 0 Å². The average molecular weight is 255 g/mol. The van der Waals surface area contributed by atoms with Crippen molar-refractivity contribution in [2.45, 2.75) is 39.5 Å². The fraction of sp³-hybridized carbons (Fsp3) is 0.500. The van der Waals surface area contributed by atoms with Gasteiger partial charge >= 0.3 is 6.09 Å². The molecule has 0 bridgehead atoms. The average Bonchev–Trinajstić information content (AvgIpc) is 2.60. The van der Waals surface area contributed by atoms with Crippen LogP contribution in [0.5, 0.6) is 0 Å². The summed E-state index contributed by atoms with van der Waals surface area (Å²) in [6.45, 7) is 6.55. The first-order valence-electron chi connectivity index (χ1n) is 5.46. The van der Waals surface area contributed by atoms with Gasteiger partial charge in [-0.1, -0.05) is 11.6 Å². The number of amides is 1. The third-order valence-corrected chi connectivity index (χ3v) is 2.78.